The molecule has 23 heavy (non-hydrogen) atoms. The summed E-state index contributed by atoms with van der Waals surface area (Å²) in [6.07, 6.45) is 2.43. The average molecular weight is 311 g/mol. The summed E-state index contributed by atoms with van der Waals surface area (Å²) in [6.45, 7) is 0.564. The summed E-state index contributed by atoms with van der Waals surface area (Å²) in [4.78, 5) is 21.1. The Morgan fingerprint density at radius 2 is 1.96 bits per heavy atom. The highest BCUT2D eigenvalue weighted by Gasteiger charge is 2.31. The second-order valence-electron chi connectivity index (χ2n) is 5.87. The number of anilines is 2. The number of fused-ring (bicyclic) bond motifs is 1. The lowest BCUT2D eigenvalue weighted by molar-refractivity contribution is -0.120. The highest BCUT2D eigenvalue weighted by molar-refractivity contribution is 6.00. The number of likely N-dealkylation sites (N-methyl/N-ethyl adjacent to an activating group) is 1. The third kappa shape index (κ3) is 2.86. The summed E-state index contributed by atoms with van der Waals surface area (Å²) in [6, 6.07) is 11.5. The van der Waals surface area contributed by atoms with E-state index in [1.165, 1.54) is 0 Å². The molecule has 5 heteroatoms. The molecule has 1 aromatic heterocycles. The fourth-order valence-electron chi connectivity index (χ4n) is 2.95. The van der Waals surface area contributed by atoms with Crippen LogP contribution in [0.5, 0.6) is 5.75 Å². The minimum absolute atomic E-state index is 0.0665. The van der Waals surface area contributed by atoms with E-state index < -0.39 is 0 Å². The van der Waals surface area contributed by atoms with E-state index in [2.05, 4.69) is 4.98 Å². The van der Waals surface area contributed by atoms with Gasteiger partial charge in [-0.2, -0.15) is 0 Å². The van der Waals surface area contributed by atoms with Crippen LogP contribution in [0.15, 0.2) is 42.6 Å². The molecule has 1 amide bonds. The van der Waals surface area contributed by atoms with E-state index in [1.807, 2.05) is 62.4 Å². The molecule has 0 bridgehead atoms. The largest absolute Gasteiger partial charge is 0.493 e. The molecule has 0 aliphatic carbocycles. The maximum absolute atomic E-state index is 13.1. The van der Waals surface area contributed by atoms with Crippen LogP contribution in [-0.2, 0) is 4.79 Å². The van der Waals surface area contributed by atoms with Crippen molar-refractivity contribution in [2.24, 2.45) is 0 Å². The molecule has 2 aromatic rings. The Morgan fingerprint density at radius 1 is 1.17 bits per heavy atom. The van der Waals surface area contributed by atoms with E-state index in [0.29, 0.717) is 13.0 Å². The van der Waals surface area contributed by atoms with Gasteiger partial charge in [-0.25, -0.2) is 4.98 Å². The first-order valence-corrected chi connectivity index (χ1v) is 7.71. The fraction of sp³-hybridized carbons (Fsp3) is 0.333. The van der Waals surface area contributed by atoms with Gasteiger partial charge in [0.15, 0.2) is 5.82 Å². The van der Waals surface area contributed by atoms with Crippen molar-refractivity contribution in [3.63, 3.8) is 0 Å². The van der Waals surface area contributed by atoms with E-state index in [1.54, 1.807) is 11.1 Å². The number of nitrogens with zero attached hydrogens (tertiary/aromatic N) is 3. The normalized spacial score (nSPS) is 16.2. The number of carbonyl (C=O) groups is 1. The third-order valence-electron chi connectivity index (χ3n) is 4.14. The van der Waals surface area contributed by atoms with Crippen molar-refractivity contribution in [3.05, 3.63) is 48.2 Å². The molecular formula is C18H21N3O2. The predicted molar refractivity (Wildman–Crippen MR) is 91.3 cm³/mol. The average Bonchev–Trinajstić information content (AvgIpc) is 2.60. The first-order valence-electron chi connectivity index (χ1n) is 7.71. The van der Waals surface area contributed by atoms with Crippen LogP contribution in [0.3, 0.4) is 0 Å². The number of aromatic nitrogens is 1. The van der Waals surface area contributed by atoms with E-state index in [9.17, 15) is 4.79 Å². The Kier molecular flexibility index (Phi) is 4.19. The zero-order chi connectivity index (χ0) is 16.4. The molecule has 1 aromatic carbocycles. The summed E-state index contributed by atoms with van der Waals surface area (Å²) in [5, 5.41) is 0. The SMILES string of the molecule is CN(C)c1ncccc1N(C)C(=O)C1CCOc2ccccc21. The second-order valence-corrected chi connectivity index (χ2v) is 5.87. The maximum atomic E-state index is 13.1. The molecule has 1 aliphatic rings. The van der Waals surface area contributed by atoms with Gasteiger partial charge in [0.05, 0.1) is 18.2 Å². The van der Waals surface area contributed by atoms with Crippen molar-refractivity contribution in [2.45, 2.75) is 12.3 Å². The molecule has 3 rings (SSSR count). The molecule has 0 N–H and O–H groups in total. The van der Waals surface area contributed by atoms with E-state index >= 15 is 0 Å². The monoisotopic (exact) mass is 311 g/mol. The molecule has 0 spiro atoms. The number of pyridine rings is 1. The first-order chi connectivity index (χ1) is 11.1. The predicted octanol–water partition coefficient (Wildman–Crippen LogP) is 2.68. The molecule has 1 unspecified atom stereocenters. The van der Waals surface area contributed by atoms with Gasteiger partial charge < -0.3 is 14.5 Å². The number of hydrogen-bond donors (Lipinski definition) is 0. The van der Waals surface area contributed by atoms with Crippen LogP contribution in [0.25, 0.3) is 0 Å². The number of hydrogen-bond acceptors (Lipinski definition) is 4. The summed E-state index contributed by atoms with van der Waals surface area (Å²) in [7, 11) is 5.66. The minimum atomic E-state index is -0.180. The zero-order valence-corrected chi connectivity index (χ0v) is 13.7. The van der Waals surface area contributed by atoms with Crippen LogP contribution in [-0.4, -0.2) is 38.6 Å². The summed E-state index contributed by atoms with van der Waals surface area (Å²) in [5.74, 6) is 1.48. The van der Waals surface area contributed by atoms with Crippen LogP contribution in [0.4, 0.5) is 11.5 Å². The van der Waals surface area contributed by atoms with Gasteiger partial charge in [0.25, 0.3) is 0 Å². The van der Waals surface area contributed by atoms with Crippen LogP contribution in [0.2, 0.25) is 0 Å². The minimum Gasteiger partial charge on any atom is -0.493 e. The zero-order valence-electron chi connectivity index (χ0n) is 13.7. The van der Waals surface area contributed by atoms with E-state index in [0.717, 1.165) is 22.8 Å². The van der Waals surface area contributed by atoms with Crippen LogP contribution >= 0.6 is 0 Å². The Morgan fingerprint density at radius 3 is 2.74 bits per heavy atom. The first kappa shape index (κ1) is 15.3. The number of benzene rings is 1. The lowest BCUT2D eigenvalue weighted by atomic mass is 9.92. The van der Waals surface area contributed by atoms with Gasteiger partial charge in [-0.3, -0.25) is 4.79 Å². The molecule has 1 aliphatic heterocycles. The van der Waals surface area contributed by atoms with Gasteiger partial charge in [-0.1, -0.05) is 18.2 Å². The van der Waals surface area contributed by atoms with Gasteiger partial charge in [0.1, 0.15) is 5.75 Å². The molecule has 1 atom stereocenters. The summed E-state index contributed by atoms with van der Waals surface area (Å²) < 4.78 is 5.66. The van der Waals surface area contributed by atoms with Crippen LogP contribution in [0, 0.1) is 0 Å². The Bertz CT molecular complexity index is 715. The lowest BCUT2D eigenvalue weighted by Crippen LogP contribution is -2.35. The van der Waals surface area contributed by atoms with Crippen molar-refractivity contribution in [3.8, 4) is 5.75 Å². The van der Waals surface area contributed by atoms with Gasteiger partial charge in [0.2, 0.25) is 5.91 Å². The Labute approximate surface area is 136 Å². The Balaban J connectivity index is 1.93. The molecule has 2 heterocycles. The van der Waals surface area contributed by atoms with E-state index in [-0.39, 0.29) is 11.8 Å². The van der Waals surface area contributed by atoms with Gasteiger partial charge >= 0.3 is 0 Å². The fourth-order valence-corrected chi connectivity index (χ4v) is 2.95. The molecule has 5 nitrogen and oxygen atoms in total. The van der Waals surface area contributed by atoms with Crippen molar-refractivity contribution in [1.82, 2.24) is 4.98 Å². The number of para-hydroxylation sites is 1. The van der Waals surface area contributed by atoms with Crippen molar-refractivity contribution in [2.75, 3.05) is 37.5 Å². The summed E-state index contributed by atoms with van der Waals surface area (Å²) in [5.41, 5.74) is 1.78. The molecule has 0 saturated carbocycles. The number of carbonyl (C=O) groups excluding carboxylic acids is 1. The summed E-state index contributed by atoms with van der Waals surface area (Å²) >= 11 is 0. The third-order valence-corrected chi connectivity index (χ3v) is 4.14. The van der Waals surface area contributed by atoms with Gasteiger partial charge in [-0.15, -0.1) is 0 Å². The highest BCUT2D eigenvalue weighted by atomic mass is 16.5. The van der Waals surface area contributed by atoms with Crippen LogP contribution < -0.4 is 14.5 Å². The van der Waals surface area contributed by atoms with Gasteiger partial charge in [0, 0.05) is 32.9 Å². The van der Waals surface area contributed by atoms with E-state index in [4.69, 9.17) is 4.74 Å². The maximum Gasteiger partial charge on any atom is 0.234 e. The molecule has 120 valence electrons. The molecule has 0 fully saturated rings. The van der Waals surface area contributed by atoms with Crippen molar-refractivity contribution < 1.29 is 9.53 Å². The van der Waals surface area contributed by atoms with Crippen LogP contribution in [0.1, 0.15) is 17.9 Å². The quantitative estimate of drug-likeness (QED) is 0.874. The number of ether oxygens (including phenoxy) is 1. The topological polar surface area (TPSA) is 45.7 Å². The van der Waals surface area contributed by atoms with Crippen molar-refractivity contribution >= 4 is 17.4 Å². The number of amides is 1. The molecular weight excluding hydrogens is 290 g/mol. The molecule has 0 saturated heterocycles. The lowest BCUT2D eigenvalue weighted by Gasteiger charge is -2.30. The van der Waals surface area contributed by atoms with Crippen molar-refractivity contribution in [1.29, 1.82) is 0 Å². The highest BCUT2D eigenvalue weighted by Crippen LogP contribution is 2.36. The van der Waals surface area contributed by atoms with Gasteiger partial charge in [-0.05, 0) is 24.6 Å². The second kappa shape index (κ2) is 6.28. The molecule has 0 radical (unpaired) electrons. The Hall–Kier alpha value is -2.56. The smallest absolute Gasteiger partial charge is 0.234 e. The standard InChI is InChI=1S/C18H21N3O2/c1-20(2)17-15(8-6-11-19-17)21(3)18(22)14-10-12-23-16-9-5-4-7-13(14)16/h4-9,11,14H,10,12H2,1-3H3. The number of rotatable bonds is 3.